The van der Waals surface area contributed by atoms with Crippen molar-refractivity contribution in [2.75, 3.05) is 0 Å². The third kappa shape index (κ3) is 9.10. The monoisotopic (exact) mass is 638 g/mol. The third-order valence-corrected chi connectivity index (χ3v) is 9.22. The van der Waals surface area contributed by atoms with Crippen LogP contribution < -0.4 is 0 Å². The van der Waals surface area contributed by atoms with Crippen molar-refractivity contribution >= 4 is 22.5 Å². The summed E-state index contributed by atoms with van der Waals surface area (Å²) < 4.78 is 0. The molecule has 0 aliphatic rings. The number of hydrogen-bond acceptors (Lipinski definition) is 2. The first kappa shape index (κ1) is 34.8. The molecule has 0 saturated carbocycles. The minimum Gasteiger partial charge on any atom is -0.481 e. The lowest BCUT2D eigenvalue weighted by Crippen LogP contribution is -2.03. The van der Waals surface area contributed by atoms with Gasteiger partial charge in [-0.3, -0.25) is 4.79 Å². The van der Waals surface area contributed by atoms with E-state index < -0.39 is 5.97 Å². The summed E-state index contributed by atoms with van der Waals surface area (Å²) in [7, 11) is 0. The van der Waals surface area contributed by atoms with Crippen molar-refractivity contribution in [3.8, 4) is 22.3 Å². The molecule has 0 bridgehead atoms. The van der Waals surface area contributed by atoms with Crippen LogP contribution in [0.25, 0.3) is 33.0 Å². The molecule has 0 saturated heterocycles. The van der Waals surface area contributed by atoms with Crippen LogP contribution in [-0.4, -0.2) is 16.9 Å². The van der Waals surface area contributed by atoms with Crippen LogP contribution in [-0.2, 0) is 41.7 Å². The van der Waals surface area contributed by atoms with Gasteiger partial charge in [-0.1, -0.05) is 125 Å². The Morgan fingerprint density at radius 1 is 0.604 bits per heavy atom. The molecule has 48 heavy (non-hydrogen) atoms. The first-order valence-corrected chi connectivity index (χ1v) is 17.6. The van der Waals surface area contributed by atoms with E-state index in [4.69, 9.17) is 0 Å². The van der Waals surface area contributed by atoms with Gasteiger partial charge >= 0.3 is 5.97 Å². The maximum atomic E-state index is 11.8. The zero-order valence-corrected chi connectivity index (χ0v) is 29.3. The topological polar surface area (TPSA) is 54.4 Å². The minimum absolute atomic E-state index is 0.145. The van der Waals surface area contributed by atoms with E-state index in [9.17, 15) is 14.7 Å². The number of carbonyl (C=O) groups is 2. The van der Waals surface area contributed by atoms with E-state index in [1.807, 2.05) is 0 Å². The van der Waals surface area contributed by atoms with Crippen LogP contribution in [0.2, 0.25) is 0 Å². The van der Waals surface area contributed by atoms with Gasteiger partial charge in [0.1, 0.15) is 5.78 Å². The van der Waals surface area contributed by atoms with Gasteiger partial charge < -0.3 is 9.90 Å². The maximum Gasteiger partial charge on any atom is 0.303 e. The van der Waals surface area contributed by atoms with Crippen molar-refractivity contribution in [1.29, 1.82) is 0 Å². The third-order valence-electron chi connectivity index (χ3n) is 9.22. The molecule has 5 aromatic carbocycles. The summed E-state index contributed by atoms with van der Waals surface area (Å²) in [6.07, 6.45) is 5.80. The number of fused-ring (bicyclic) bond motifs is 1. The van der Waals surface area contributed by atoms with Crippen molar-refractivity contribution < 1.29 is 14.7 Å². The summed E-state index contributed by atoms with van der Waals surface area (Å²) >= 11 is 0. The van der Waals surface area contributed by atoms with Crippen LogP contribution in [0.3, 0.4) is 0 Å². The lowest BCUT2D eigenvalue weighted by molar-refractivity contribution is -0.137. The fourth-order valence-corrected chi connectivity index (χ4v) is 6.98. The van der Waals surface area contributed by atoms with Crippen LogP contribution >= 0.6 is 0 Å². The van der Waals surface area contributed by atoms with E-state index in [-0.39, 0.29) is 12.2 Å². The van der Waals surface area contributed by atoms with Gasteiger partial charge in [0.25, 0.3) is 0 Å². The number of hydrogen-bond donors (Lipinski definition) is 1. The average molecular weight is 639 g/mol. The highest BCUT2D eigenvalue weighted by molar-refractivity contribution is 5.86. The number of rotatable bonds is 15. The van der Waals surface area contributed by atoms with E-state index in [0.717, 1.165) is 37.7 Å². The number of ketones is 1. The first-order valence-electron chi connectivity index (χ1n) is 17.6. The fraction of sp³-hybridized carbons (Fsp3) is 0.333. The Morgan fingerprint density at radius 2 is 1.23 bits per heavy atom. The van der Waals surface area contributed by atoms with Crippen LogP contribution in [0.5, 0.6) is 0 Å². The molecule has 0 aliphatic heterocycles. The van der Waals surface area contributed by atoms with Crippen molar-refractivity contribution in [3.63, 3.8) is 0 Å². The van der Waals surface area contributed by atoms with Crippen LogP contribution in [0, 0.1) is 11.8 Å². The number of carboxylic acid groups (broad SMARTS) is 1. The Labute approximate surface area is 287 Å². The summed E-state index contributed by atoms with van der Waals surface area (Å²) in [5.74, 6) is 0.463. The predicted octanol–water partition coefficient (Wildman–Crippen LogP) is 11.1. The lowest BCUT2D eigenvalue weighted by Gasteiger charge is -2.19. The molecule has 0 spiro atoms. The second-order valence-corrected chi connectivity index (χ2v) is 14.3. The highest BCUT2D eigenvalue weighted by Crippen LogP contribution is 2.35. The molecule has 0 aromatic heterocycles. The number of carboxylic acids is 1. The van der Waals surface area contributed by atoms with E-state index >= 15 is 0 Å². The molecule has 5 aromatic rings. The summed E-state index contributed by atoms with van der Waals surface area (Å²) in [5, 5.41) is 11.8. The zero-order valence-electron chi connectivity index (χ0n) is 29.3. The Morgan fingerprint density at radius 3 is 1.92 bits per heavy atom. The fourth-order valence-electron chi connectivity index (χ4n) is 6.98. The van der Waals surface area contributed by atoms with Gasteiger partial charge in [-0.2, -0.15) is 0 Å². The van der Waals surface area contributed by atoms with Crippen LogP contribution in [0.15, 0.2) is 97.1 Å². The molecular formula is C45H50O3. The minimum atomic E-state index is -0.761. The summed E-state index contributed by atoms with van der Waals surface area (Å²) in [6.45, 7) is 10.7. The molecular weight excluding hydrogens is 588 g/mol. The molecule has 1 N–H and O–H groups in total. The highest BCUT2D eigenvalue weighted by atomic mass is 16.4. The molecule has 0 unspecified atom stereocenters. The van der Waals surface area contributed by atoms with Gasteiger partial charge in [0, 0.05) is 12.8 Å². The van der Waals surface area contributed by atoms with Crippen molar-refractivity contribution in [1.82, 2.24) is 0 Å². The molecule has 0 heterocycles. The molecule has 0 fully saturated rings. The molecule has 5 rings (SSSR count). The summed E-state index contributed by atoms with van der Waals surface area (Å²) in [6, 6.07) is 35.6. The number of Topliss-reactive ketones (excluding diaryl/α,β-unsaturated/α-hetero) is 1. The number of benzene rings is 5. The normalized spacial score (nSPS) is 11.5. The standard InChI is InChI=1S/C45H50O3/c1-30(2)24-40-26-33(17-23-45(47)48)16-21-43(40)38-20-22-44(41(29-38)25-31(3)4)37-19-18-34(12-8-10-32(5)46)39(28-37)27-36-14-9-13-35-11-6-7-15-42(35)36/h6-7,9,11,13-16,18-22,26,28-31H,8,10,12,17,23-25,27H2,1-5H3,(H,47,48). The Balaban J connectivity index is 1.57. The van der Waals surface area contributed by atoms with Crippen molar-refractivity contribution in [2.24, 2.45) is 11.8 Å². The second-order valence-electron chi connectivity index (χ2n) is 14.3. The summed E-state index contributed by atoms with van der Waals surface area (Å²) in [5.41, 5.74) is 12.6. The van der Waals surface area contributed by atoms with E-state index in [2.05, 4.69) is 125 Å². The molecule has 0 amide bonds. The van der Waals surface area contributed by atoms with E-state index in [0.29, 0.717) is 24.7 Å². The van der Waals surface area contributed by atoms with Gasteiger partial charge in [0.05, 0.1) is 0 Å². The van der Waals surface area contributed by atoms with Crippen LogP contribution in [0.1, 0.15) is 87.3 Å². The molecule has 3 nitrogen and oxygen atoms in total. The number of carbonyl (C=O) groups excluding carboxylic acids is 1. The quantitative estimate of drug-likeness (QED) is 0.124. The van der Waals surface area contributed by atoms with Crippen molar-refractivity contribution in [3.05, 3.63) is 130 Å². The van der Waals surface area contributed by atoms with Gasteiger partial charge in [-0.25, -0.2) is 0 Å². The number of aryl methyl sites for hydroxylation is 2. The molecule has 0 radical (unpaired) electrons. The lowest BCUT2D eigenvalue weighted by atomic mass is 9.86. The van der Waals surface area contributed by atoms with Gasteiger partial charge in [-0.05, 0) is 124 Å². The zero-order chi connectivity index (χ0) is 34.2. The second kappa shape index (κ2) is 16.1. The molecule has 248 valence electrons. The Hall–Kier alpha value is -4.50. The smallest absolute Gasteiger partial charge is 0.303 e. The first-order chi connectivity index (χ1) is 23.1. The predicted molar refractivity (Wildman–Crippen MR) is 201 cm³/mol. The number of aliphatic carboxylic acids is 1. The summed E-state index contributed by atoms with van der Waals surface area (Å²) in [4.78, 5) is 23.0. The molecule has 0 atom stereocenters. The average Bonchev–Trinajstić information content (AvgIpc) is 3.04. The van der Waals surface area contributed by atoms with Crippen LogP contribution in [0.4, 0.5) is 0 Å². The van der Waals surface area contributed by atoms with Gasteiger partial charge in [0.2, 0.25) is 0 Å². The Kier molecular flexibility index (Phi) is 11.7. The Bertz CT molecular complexity index is 1890. The van der Waals surface area contributed by atoms with Crippen molar-refractivity contribution in [2.45, 2.75) is 86.0 Å². The van der Waals surface area contributed by atoms with Gasteiger partial charge in [-0.15, -0.1) is 0 Å². The maximum absolute atomic E-state index is 11.8. The molecule has 0 aliphatic carbocycles. The SMILES string of the molecule is CC(=O)CCCc1ccc(-c2ccc(-c3ccc(CCC(=O)O)cc3CC(C)C)cc2CC(C)C)cc1Cc1cccc2ccccc12. The van der Waals surface area contributed by atoms with E-state index in [1.54, 1.807) is 6.92 Å². The molecule has 3 heteroatoms. The largest absolute Gasteiger partial charge is 0.481 e. The van der Waals surface area contributed by atoms with Gasteiger partial charge in [0.15, 0.2) is 0 Å². The van der Waals surface area contributed by atoms with E-state index in [1.165, 1.54) is 60.8 Å². The highest BCUT2D eigenvalue weighted by Gasteiger charge is 2.16.